The second kappa shape index (κ2) is 5.45. The Kier molecular flexibility index (Phi) is 4.73. The van der Waals surface area contributed by atoms with Gasteiger partial charge in [-0.3, -0.25) is 0 Å². The van der Waals surface area contributed by atoms with Crippen LogP contribution in [0.4, 0.5) is 0 Å². The molecular formula is C12H25NO3. The van der Waals surface area contributed by atoms with E-state index in [1.165, 1.54) is 0 Å². The van der Waals surface area contributed by atoms with E-state index in [4.69, 9.17) is 10.2 Å². The SMILES string of the molecule is CC1(C)CCC(O)(CNC[C@H](O)CO)CC1. The molecule has 1 atom stereocenters. The van der Waals surface area contributed by atoms with Gasteiger partial charge in [0.25, 0.3) is 0 Å². The standard InChI is InChI=1S/C12H25NO3/c1-11(2)3-5-12(16,6-4-11)9-13-7-10(15)8-14/h10,13-16H,3-9H2,1-2H3/t10-/m0/s1. The van der Waals surface area contributed by atoms with Crippen LogP contribution in [0.3, 0.4) is 0 Å². The third-order valence-electron chi connectivity index (χ3n) is 3.58. The molecule has 0 aromatic rings. The minimum Gasteiger partial charge on any atom is -0.394 e. The zero-order valence-corrected chi connectivity index (χ0v) is 10.4. The molecule has 4 nitrogen and oxygen atoms in total. The van der Waals surface area contributed by atoms with E-state index in [1.807, 2.05) is 0 Å². The molecule has 1 aliphatic carbocycles. The van der Waals surface area contributed by atoms with Gasteiger partial charge < -0.3 is 20.6 Å². The first kappa shape index (κ1) is 13.9. The van der Waals surface area contributed by atoms with Gasteiger partial charge in [0.1, 0.15) is 0 Å². The van der Waals surface area contributed by atoms with Gasteiger partial charge in [-0.25, -0.2) is 0 Å². The Morgan fingerprint density at radius 1 is 1.19 bits per heavy atom. The van der Waals surface area contributed by atoms with E-state index in [0.717, 1.165) is 25.7 Å². The highest BCUT2D eigenvalue weighted by molar-refractivity contribution is 4.90. The highest BCUT2D eigenvalue weighted by atomic mass is 16.3. The molecule has 0 aliphatic heterocycles. The van der Waals surface area contributed by atoms with Crippen LogP contribution in [0.2, 0.25) is 0 Å². The van der Waals surface area contributed by atoms with Crippen LogP contribution in [0.5, 0.6) is 0 Å². The van der Waals surface area contributed by atoms with Crippen molar-refractivity contribution in [2.45, 2.75) is 51.2 Å². The summed E-state index contributed by atoms with van der Waals surface area (Å²) in [6.45, 7) is 5.06. The van der Waals surface area contributed by atoms with Gasteiger partial charge in [-0.15, -0.1) is 0 Å². The maximum atomic E-state index is 10.3. The van der Waals surface area contributed by atoms with Crippen molar-refractivity contribution in [2.24, 2.45) is 5.41 Å². The normalized spacial score (nSPS) is 25.3. The van der Waals surface area contributed by atoms with E-state index in [9.17, 15) is 5.11 Å². The summed E-state index contributed by atoms with van der Waals surface area (Å²) in [7, 11) is 0. The number of nitrogens with one attached hydrogen (secondary N) is 1. The Bertz CT molecular complexity index is 208. The molecule has 0 aromatic heterocycles. The van der Waals surface area contributed by atoms with E-state index in [1.54, 1.807) is 0 Å². The molecule has 4 N–H and O–H groups in total. The summed E-state index contributed by atoms with van der Waals surface area (Å²) in [5, 5.41) is 31.1. The number of hydrogen-bond acceptors (Lipinski definition) is 4. The van der Waals surface area contributed by atoms with Gasteiger partial charge >= 0.3 is 0 Å². The molecule has 16 heavy (non-hydrogen) atoms. The molecule has 0 bridgehead atoms. The fourth-order valence-electron chi connectivity index (χ4n) is 2.10. The molecule has 96 valence electrons. The third kappa shape index (κ3) is 4.37. The average Bonchev–Trinajstić information content (AvgIpc) is 2.23. The van der Waals surface area contributed by atoms with E-state index < -0.39 is 11.7 Å². The smallest absolute Gasteiger partial charge is 0.0894 e. The predicted octanol–water partition coefficient (Wildman–Crippen LogP) is 0.260. The lowest BCUT2D eigenvalue weighted by molar-refractivity contribution is -0.0266. The molecule has 0 saturated heterocycles. The summed E-state index contributed by atoms with van der Waals surface area (Å²) >= 11 is 0. The fourth-order valence-corrected chi connectivity index (χ4v) is 2.10. The first-order valence-electron chi connectivity index (χ1n) is 6.09. The Morgan fingerprint density at radius 2 is 1.75 bits per heavy atom. The van der Waals surface area contributed by atoms with Crippen molar-refractivity contribution in [1.82, 2.24) is 5.32 Å². The largest absolute Gasteiger partial charge is 0.394 e. The first-order chi connectivity index (χ1) is 7.37. The van der Waals surface area contributed by atoms with E-state index in [0.29, 0.717) is 18.5 Å². The maximum Gasteiger partial charge on any atom is 0.0894 e. The van der Waals surface area contributed by atoms with Crippen molar-refractivity contribution in [3.63, 3.8) is 0 Å². The second-order valence-electron chi connectivity index (χ2n) is 5.86. The molecule has 1 aliphatic rings. The monoisotopic (exact) mass is 231 g/mol. The highest BCUT2D eigenvalue weighted by Gasteiger charge is 2.36. The van der Waals surface area contributed by atoms with Crippen LogP contribution in [-0.2, 0) is 0 Å². The summed E-state index contributed by atoms with van der Waals surface area (Å²) in [5.41, 5.74) is -0.290. The molecule has 0 heterocycles. The highest BCUT2D eigenvalue weighted by Crippen LogP contribution is 2.39. The number of aliphatic hydroxyl groups excluding tert-OH is 2. The average molecular weight is 231 g/mol. The summed E-state index contributed by atoms with van der Waals surface area (Å²) in [5.74, 6) is 0. The van der Waals surface area contributed by atoms with Gasteiger partial charge in [0.2, 0.25) is 0 Å². The Hall–Kier alpha value is -0.160. The molecule has 4 heteroatoms. The second-order valence-corrected chi connectivity index (χ2v) is 5.86. The Morgan fingerprint density at radius 3 is 2.25 bits per heavy atom. The molecule has 1 saturated carbocycles. The van der Waals surface area contributed by atoms with E-state index in [2.05, 4.69) is 19.2 Å². The van der Waals surface area contributed by atoms with Crippen molar-refractivity contribution >= 4 is 0 Å². The number of aliphatic hydroxyl groups is 3. The first-order valence-corrected chi connectivity index (χ1v) is 6.09. The Balaban J connectivity index is 2.26. The lowest BCUT2D eigenvalue weighted by Crippen LogP contribution is -2.46. The molecule has 1 rings (SSSR count). The zero-order valence-electron chi connectivity index (χ0n) is 10.4. The number of hydrogen-bond donors (Lipinski definition) is 4. The minimum absolute atomic E-state index is 0.238. The molecule has 0 amide bonds. The molecule has 1 fully saturated rings. The van der Waals surface area contributed by atoms with Crippen LogP contribution in [0.25, 0.3) is 0 Å². The van der Waals surface area contributed by atoms with Gasteiger partial charge in [-0.2, -0.15) is 0 Å². The van der Waals surface area contributed by atoms with E-state index >= 15 is 0 Å². The number of rotatable bonds is 5. The van der Waals surface area contributed by atoms with Gasteiger partial charge in [-0.1, -0.05) is 13.8 Å². The van der Waals surface area contributed by atoms with Crippen LogP contribution in [0, 0.1) is 5.41 Å². The lowest BCUT2D eigenvalue weighted by atomic mass is 9.71. The third-order valence-corrected chi connectivity index (χ3v) is 3.58. The van der Waals surface area contributed by atoms with Crippen LogP contribution < -0.4 is 5.32 Å². The summed E-state index contributed by atoms with van der Waals surface area (Å²) in [6, 6.07) is 0. The van der Waals surface area contributed by atoms with Crippen molar-refractivity contribution in [3.8, 4) is 0 Å². The van der Waals surface area contributed by atoms with Crippen LogP contribution in [-0.4, -0.2) is 46.7 Å². The summed E-state index contributed by atoms with van der Waals surface area (Å²) in [4.78, 5) is 0. The maximum absolute atomic E-state index is 10.3. The lowest BCUT2D eigenvalue weighted by Gasteiger charge is -2.40. The van der Waals surface area contributed by atoms with Gasteiger partial charge in [0.05, 0.1) is 18.3 Å². The summed E-state index contributed by atoms with van der Waals surface area (Å²) < 4.78 is 0. The van der Waals surface area contributed by atoms with Gasteiger partial charge in [0, 0.05) is 13.1 Å². The predicted molar refractivity (Wildman–Crippen MR) is 63.2 cm³/mol. The molecule has 0 radical (unpaired) electrons. The topological polar surface area (TPSA) is 72.7 Å². The minimum atomic E-state index is -0.733. The summed E-state index contributed by atoms with van der Waals surface area (Å²) in [6.07, 6.45) is 2.95. The Labute approximate surface area is 97.7 Å². The molecule has 0 spiro atoms. The fraction of sp³-hybridized carbons (Fsp3) is 1.00. The molecular weight excluding hydrogens is 206 g/mol. The van der Waals surface area contributed by atoms with E-state index in [-0.39, 0.29) is 6.61 Å². The quantitative estimate of drug-likeness (QED) is 0.548. The van der Waals surface area contributed by atoms with Crippen molar-refractivity contribution in [3.05, 3.63) is 0 Å². The van der Waals surface area contributed by atoms with Gasteiger partial charge in [-0.05, 0) is 31.1 Å². The van der Waals surface area contributed by atoms with Crippen LogP contribution in [0.1, 0.15) is 39.5 Å². The van der Waals surface area contributed by atoms with Crippen molar-refractivity contribution in [2.75, 3.05) is 19.7 Å². The van der Waals surface area contributed by atoms with Gasteiger partial charge in [0.15, 0.2) is 0 Å². The zero-order chi connectivity index (χ0) is 12.2. The van der Waals surface area contributed by atoms with Crippen LogP contribution >= 0.6 is 0 Å². The van der Waals surface area contributed by atoms with Crippen molar-refractivity contribution < 1.29 is 15.3 Å². The van der Waals surface area contributed by atoms with Crippen molar-refractivity contribution in [1.29, 1.82) is 0 Å². The molecule has 0 unspecified atom stereocenters. The van der Waals surface area contributed by atoms with Crippen LogP contribution in [0.15, 0.2) is 0 Å². The molecule has 0 aromatic carbocycles.